The molecule has 11 atom stereocenters. The van der Waals surface area contributed by atoms with Crippen molar-refractivity contribution in [2.24, 2.45) is 29.1 Å². The highest BCUT2D eigenvalue weighted by Crippen LogP contribution is 2.61. The fraction of sp³-hybridized carbons (Fsp3) is 0.567. The number of aliphatic hydroxyl groups is 2. The number of rotatable bonds is 3. The molecule has 4 aliphatic rings. The summed E-state index contributed by atoms with van der Waals surface area (Å²) in [6.45, 7) is 10.6. The SMILES string of the molecule is C=C1C(C)[C@H]2[C@H](Cc3ccccc3)NC(=O)[C@]23[C@H](OC(C)=O)[C@@H]2O[C@@H]2[C@@](C)(O)C(=O)C(C)C/C=C/[C@H]3[C@@H]1O. The number of carbonyl (C=O) groups is 3. The van der Waals surface area contributed by atoms with E-state index < -0.39 is 59.2 Å². The Labute approximate surface area is 223 Å². The first-order valence-electron chi connectivity index (χ1n) is 13.4. The van der Waals surface area contributed by atoms with Crippen LogP contribution in [0.3, 0.4) is 0 Å². The normalized spacial score (nSPS) is 45.1. The molecule has 204 valence electrons. The van der Waals surface area contributed by atoms with Gasteiger partial charge in [-0.3, -0.25) is 14.4 Å². The molecule has 0 aromatic heterocycles. The van der Waals surface area contributed by atoms with Gasteiger partial charge >= 0.3 is 5.97 Å². The topological polar surface area (TPSA) is 125 Å². The highest BCUT2D eigenvalue weighted by atomic mass is 16.6. The molecular formula is C30H37NO7. The van der Waals surface area contributed by atoms with Crippen LogP contribution in [0.5, 0.6) is 0 Å². The number of hydrogen-bond acceptors (Lipinski definition) is 7. The molecule has 38 heavy (non-hydrogen) atoms. The summed E-state index contributed by atoms with van der Waals surface area (Å²) in [6, 6.07) is 9.48. The fourth-order valence-corrected chi connectivity index (χ4v) is 7.41. The molecule has 2 aliphatic carbocycles. The van der Waals surface area contributed by atoms with Crippen molar-refractivity contribution in [3.05, 3.63) is 60.2 Å². The van der Waals surface area contributed by atoms with Crippen LogP contribution in [0.15, 0.2) is 54.6 Å². The van der Waals surface area contributed by atoms with Crippen molar-refractivity contribution in [1.82, 2.24) is 5.32 Å². The van der Waals surface area contributed by atoms with Crippen LogP contribution >= 0.6 is 0 Å². The lowest BCUT2D eigenvalue weighted by Gasteiger charge is -2.52. The van der Waals surface area contributed by atoms with Crippen LogP contribution < -0.4 is 5.32 Å². The Morgan fingerprint density at radius 1 is 1.24 bits per heavy atom. The van der Waals surface area contributed by atoms with Gasteiger partial charge in [-0.15, -0.1) is 0 Å². The first kappa shape index (κ1) is 26.8. The molecule has 2 heterocycles. The maximum Gasteiger partial charge on any atom is 0.303 e. The van der Waals surface area contributed by atoms with E-state index in [1.54, 1.807) is 19.1 Å². The van der Waals surface area contributed by atoms with E-state index in [0.717, 1.165) is 5.56 Å². The molecule has 2 aliphatic heterocycles. The van der Waals surface area contributed by atoms with Gasteiger partial charge in [-0.1, -0.05) is 62.9 Å². The molecule has 2 unspecified atom stereocenters. The van der Waals surface area contributed by atoms with Gasteiger partial charge in [0.2, 0.25) is 5.91 Å². The molecule has 1 aromatic carbocycles. The predicted octanol–water partition coefficient (Wildman–Crippen LogP) is 2.13. The lowest BCUT2D eigenvalue weighted by Crippen LogP contribution is -2.62. The summed E-state index contributed by atoms with van der Waals surface area (Å²) < 4.78 is 11.9. The third-order valence-corrected chi connectivity index (χ3v) is 9.31. The van der Waals surface area contributed by atoms with Crippen LogP contribution in [-0.4, -0.2) is 63.9 Å². The number of fused-ring (bicyclic) bond motifs is 1. The number of Topliss-reactive ketones (excluding diaryl/α,β-unsaturated/α-hetero) is 1. The van der Waals surface area contributed by atoms with Crippen LogP contribution in [0.1, 0.15) is 39.7 Å². The van der Waals surface area contributed by atoms with Crippen molar-refractivity contribution >= 4 is 17.7 Å². The molecule has 0 radical (unpaired) electrons. The molecule has 8 nitrogen and oxygen atoms in total. The Balaban J connectivity index is 1.70. The minimum Gasteiger partial charge on any atom is -0.458 e. The predicted molar refractivity (Wildman–Crippen MR) is 139 cm³/mol. The van der Waals surface area contributed by atoms with Crippen molar-refractivity contribution in [1.29, 1.82) is 0 Å². The third-order valence-electron chi connectivity index (χ3n) is 9.31. The van der Waals surface area contributed by atoms with Crippen LogP contribution in [0, 0.1) is 29.1 Å². The second-order valence-corrected chi connectivity index (χ2v) is 11.7. The fourth-order valence-electron chi connectivity index (χ4n) is 7.41. The van der Waals surface area contributed by atoms with E-state index in [1.807, 2.05) is 37.3 Å². The van der Waals surface area contributed by atoms with E-state index >= 15 is 0 Å². The van der Waals surface area contributed by atoms with Crippen molar-refractivity contribution in [3.63, 3.8) is 0 Å². The summed E-state index contributed by atoms with van der Waals surface area (Å²) in [7, 11) is 0. The molecule has 8 heteroatoms. The molecule has 1 saturated carbocycles. The van der Waals surface area contributed by atoms with E-state index in [4.69, 9.17) is 9.47 Å². The standard InChI is InChI=1S/C30H37NO7/c1-15-10-9-13-20-23(33)17(3)16(2)22-21(14-19-11-7-6-8-12-19)31-28(35)30(20,22)27(37-18(4)32)24-26(38-24)29(5,36)25(15)34/h6-9,11-13,15-16,20-24,26-27,33,36H,3,10,14H2,1-2,4-5H3,(H,31,35)/b13-9+/t15?,16?,20-,21-,22-,23+,24+,26-,27+,29-,30-/m0/s1. The summed E-state index contributed by atoms with van der Waals surface area (Å²) in [5.74, 6) is -3.34. The number of allylic oxidation sites excluding steroid dienone is 1. The third kappa shape index (κ3) is 3.96. The van der Waals surface area contributed by atoms with Gasteiger partial charge in [0.1, 0.15) is 29.3 Å². The van der Waals surface area contributed by atoms with Gasteiger partial charge in [-0.2, -0.15) is 0 Å². The average Bonchev–Trinajstić information content (AvgIpc) is 3.62. The maximum atomic E-state index is 14.3. The maximum absolute atomic E-state index is 14.3. The van der Waals surface area contributed by atoms with Crippen LogP contribution in [0.25, 0.3) is 0 Å². The van der Waals surface area contributed by atoms with Crippen LogP contribution in [0.2, 0.25) is 0 Å². The van der Waals surface area contributed by atoms with Gasteiger partial charge in [-0.05, 0) is 36.8 Å². The molecule has 3 N–H and O–H groups in total. The van der Waals surface area contributed by atoms with Crippen molar-refractivity contribution in [2.75, 3.05) is 0 Å². The number of esters is 1. The van der Waals surface area contributed by atoms with Gasteiger partial charge in [0.15, 0.2) is 5.78 Å². The van der Waals surface area contributed by atoms with Gasteiger partial charge in [-0.25, -0.2) is 0 Å². The Bertz CT molecular complexity index is 1180. The summed E-state index contributed by atoms with van der Waals surface area (Å²) in [6.07, 6.45) is 0.350. The Kier molecular flexibility index (Phi) is 6.65. The molecule has 2 saturated heterocycles. The summed E-state index contributed by atoms with van der Waals surface area (Å²) in [5, 5.41) is 26.0. The average molecular weight is 524 g/mol. The lowest BCUT2D eigenvalue weighted by molar-refractivity contribution is -0.175. The van der Waals surface area contributed by atoms with E-state index in [0.29, 0.717) is 18.4 Å². The first-order chi connectivity index (χ1) is 17.9. The van der Waals surface area contributed by atoms with E-state index in [-0.39, 0.29) is 23.7 Å². The smallest absolute Gasteiger partial charge is 0.303 e. The lowest BCUT2D eigenvalue weighted by atomic mass is 9.51. The largest absolute Gasteiger partial charge is 0.458 e. The van der Waals surface area contributed by atoms with Gasteiger partial charge in [0.05, 0.1) is 6.10 Å². The Morgan fingerprint density at radius 3 is 2.58 bits per heavy atom. The summed E-state index contributed by atoms with van der Waals surface area (Å²) >= 11 is 0. The number of carbonyl (C=O) groups excluding carboxylic acids is 3. The van der Waals surface area contributed by atoms with Gasteiger partial charge in [0.25, 0.3) is 0 Å². The summed E-state index contributed by atoms with van der Waals surface area (Å²) in [5.41, 5.74) is -1.60. The highest BCUT2D eigenvalue weighted by molar-refractivity contribution is 5.91. The Hall–Kier alpha value is -2.81. The Morgan fingerprint density at radius 2 is 1.92 bits per heavy atom. The minimum absolute atomic E-state index is 0.302. The monoisotopic (exact) mass is 523 g/mol. The molecular weight excluding hydrogens is 486 g/mol. The number of amides is 1. The van der Waals surface area contributed by atoms with E-state index in [9.17, 15) is 24.6 Å². The number of ether oxygens (including phenoxy) is 2. The summed E-state index contributed by atoms with van der Waals surface area (Å²) in [4.78, 5) is 40.0. The van der Waals surface area contributed by atoms with Gasteiger partial charge in [0, 0.05) is 30.7 Å². The van der Waals surface area contributed by atoms with Gasteiger partial charge < -0.3 is 25.0 Å². The second kappa shape index (κ2) is 9.43. The van der Waals surface area contributed by atoms with Crippen molar-refractivity contribution < 1.29 is 34.1 Å². The van der Waals surface area contributed by atoms with E-state index in [1.165, 1.54) is 13.8 Å². The van der Waals surface area contributed by atoms with Crippen molar-refractivity contribution in [3.8, 4) is 0 Å². The number of aliphatic hydroxyl groups excluding tert-OH is 1. The number of ketones is 1. The molecule has 5 rings (SSSR count). The molecule has 1 aromatic rings. The van der Waals surface area contributed by atoms with Crippen molar-refractivity contribution in [2.45, 2.75) is 76.6 Å². The minimum atomic E-state index is -1.83. The van der Waals surface area contributed by atoms with E-state index in [2.05, 4.69) is 11.9 Å². The molecule has 0 bridgehead atoms. The molecule has 1 amide bonds. The zero-order valence-electron chi connectivity index (χ0n) is 22.3. The first-order valence-corrected chi connectivity index (χ1v) is 13.4. The molecule has 3 fully saturated rings. The number of nitrogens with one attached hydrogen (secondary N) is 1. The zero-order chi connectivity index (χ0) is 27.6. The number of epoxide rings is 1. The number of benzene rings is 1. The quantitative estimate of drug-likeness (QED) is 0.315. The highest BCUT2D eigenvalue weighted by Gasteiger charge is 2.74. The van der Waals surface area contributed by atoms with Crippen LogP contribution in [-0.2, 0) is 30.3 Å². The molecule has 1 spiro atoms. The zero-order valence-corrected chi connectivity index (χ0v) is 22.3. The van der Waals surface area contributed by atoms with Crippen LogP contribution in [0.4, 0.5) is 0 Å². The second-order valence-electron chi connectivity index (χ2n) is 11.7. The number of hydrogen-bond donors (Lipinski definition) is 3.